The van der Waals surface area contributed by atoms with Gasteiger partial charge < -0.3 is 19.0 Å². The van der Waals surface area contributed by atoms with E-state index in [-0.39, 0.29) is 17.5 Å². The number of hydrogen-bond acceptors (Lipinski definition) is 7. The summed E-state index contributed by atoms with van der Waals surface area (Å²) in [6.45, 7) is 3.57. The Kier molecular flexibility index (Phi) is 5.89. The van der Waals surface area contributed by atoms with E-state index in [1.165, 1.54) is 23.4 Å². The van der Waals surface area contributed by atoms with Gasteiger partial charge in [-0.1, -0.05) is 6.92 Å². The van der Waals surface area contributed by atoms with Crippen molar-refractivity contribution >= 4 is 26.9 Å². The van der Waals surface area contributed by atoms with Crippen LogP contribution in [0.5, 0.6) is 5.75 Å². The van der Waals surface area contributed by atoms with Gasteiger partial charge in [0.2, 0.25) is 10.0 Å². The van der Waals surface area contributed by atoms with Gasteiger partial charge in [-0.15, -0.1) is 0 Å². The van der Waals surface area contributed by atoms with Gasteiger partial charge >= 0.3 is 0 Å². The van der Waals surface area contributed by atoms with Crippen LogP contribution in [0, 0.1) is 11.8 Å². The van der Waals surface area contributed by atoms with Crippen LogP contribution in [0.3, 0.4) is 0 Å². The number of anilines is 1. The average Bonchev–Trinajstić information content (AvgIpc) is 3.53. The van der Waals surface area contributed by atoms with Crippen molar-refractivity contribution in [3.05, 3.63) is 41.1 Å². The maximum absolute atomic E-state index is 12.9. The molecule has 3 aromatic rings. The molecule has 2 fully saturated rings. The minimum atomic E-state index is -3.21. The number of nitrogens with one attached hydrogen (secondary N) is 1. The number of nitrogens with zero attached hydrogens (tertiary/aromatic N) is 3. The summed E-state index contributed by atoms with van der Waals surface area (Å²) in [5.41, 5.74) is 1.93. The van der Waals surface area contributed by atoms with E-state index >= 15 is 0 Å². The molecule has 0 aromatic carbocycles. The van der Waals surface area contributed by atoms with Crippen molar-refractivity contribution in [1.82, 2.24) is 13.9 Å². The van der Waals surface area contributed by atoms with Gasteiger partial charge in [-0.05, 0) is 37.2 Å². The number of aromatic nitrogens is 2. The number of rotatable bonds is 7. The number of aryl methyl sites for hydroxylation is 1. The molecule has 2 aliphatic rings. The monoisotopic (exact) mass is 486 g/mol. The zero-order chi connectivity index (χ0) is 24.0. The summed E-state index contributed by atoms with van der Waals surface area (Å²) in [4.78, 5) is 17.1. The quantitative estimate of drug-likeness (QED) is 0.547. The van der Waals surface area contributed by atoms with Crippen LogP contribution in [0.25, 0.3) is 22.1 Å². The van der Waals surface area contributed by atoms with E-state index < -0.39 is 10.0 Å². The zero-order valence-corrected chi connectivity index (χ0v) is 20.5. The molecule has 1 saturated heterocycles. The second kappa shape index (κ2) is 8.74. The van der Waals surface area contributed by atoms with Gasteiger partial charge in [0.05, 0.1) is 24.4 Å². The molecular weight excluding hydrogens is 456 g/mol. The molecule has 0 amide bonds. The summed E-state index contributed by atoms with van der Waals surface area (Å²) in [7, 11) is -1.49. The summed E-state index contributed by atoms with van der Waals surface area (Å²) < 4.78 is 39.1. The van der Waals surface area contributed by atoms with E-state index in [0.29, 0.717) is 54.6 Å². The van der Waals surface area contributed by atoms with Gasteiger partial charge in [-0.2, -0.15) is 0 Å². The Morgan fingerprint density at radius 2 is 2.06 bits per heavy atom. The van der Waals surface area contributed by atoms with E-state index in [2.05, 4.69) is 10.3 Å². The maximum Gasteiger partial charge on any atom is 0.261 e. The molecule has 10 heteroatoms. The number of ether oxygens (including phenoxy) is 1. The molecule has 34 heavy (non-hydrogen) atoms. The molecule has 1 unspecified atom stereocenters. The maximum atomic E-state index is 12.9. The first-order valence-electron chi connectivity index (χ1n) is 11.6. The van der Waals surface area contributed by atoms with Crippen molar-refractivity contribution in [1.29, 1.82) is 0 Å². The standard InChI is InChI=1S/C24H30N4O5S/c1-15-12-28(34(3,30)31)9-7-20(15)26-22-10-18-23(33-22)19(13-27(2)24(18)29)17-6-8-25-11-21(17)32-14-16-4-5-16/h6,8,10-11,13,15-16,20,26H,4-5,7,9,12,14H2,1-3H3/t15-,20?/m1/s1. The molecule has 182 valence electrons. The van der Waals surface area contributed by atoms with Crippen LogP contribution in [-0.2, 0) is 17.1 Å². The average molecular weight is 487 g/mol. The summed E-state index contributed by atoms with van der Waals surface area (Å²) in [5, 5.41) is 3.88. The number of pyridine rings is 2. The van der Waals surface area contributed by atoms with Crippen LogP contribution in [0.4, 0.5) is 5.88 Å². The van der Waals surface area contributed by atoms with E-state index in [0.717, 1.165) is 11.1 Å². The van der Waals surface area contributed by atoms with E-state index in [4.69, 9.17) is 9.15 Å². The third-order valence-corrected chi connectivity index (χ3v) is 8.03. The van der Waals surface area contributed by atoms with Gasteiger partial charge in [0.25, 0.3) is 5.56 Å². The van der Waals surface area contributed by atoms with Crippen LogP contribution < -0.4 is 15.6 Å². The summed E-state index contributed by atoms with van der Waals surface area (Å²) in [6, 6.07) is 3.65. The Morgan fingerprint density at radius 1 is 1.26 bits per heavy atom. The lowest BCUT2D eigenvalue weighted by Gasteiger charge is -2.35. The second-order valence-corrected chi connectivity index (χ2v) is 11.6. The highest BCUT2D eigenvalue weighted by atomic mass is 32.2. The molecule has 4 heterocycles. The van der Waals surface area contributed by atoms with Crippen LogP contribution >= 0.6 is 0 Å². The molecule has 3 aromatic heterocycles. The second-order valence-electron chi connectivity index (χ2n) is 9.58. The van der Waals surface area contributed by atoms with Crippen LogP contribution in [0.1, 0.15) is 26.2 Å². The van der Waals surface area contributed by atoms with E-state index in [1.807, 2.05) is 13.0 Å². The van der Waals surface area contributed by atoms with Crippen molar-refractivity contribution in [2.45, 2.75) is 32.2 Å². The van der Waals surface area contributed by atoms with Crippen LogP contribution in [-0.4, -0.2) is 54.3 Å². The number of sulfonamides is 1. The lowest BCUT2D eigenvalue weighted by atomic mass is 9.95. The van der Waals surface area contributed by atoms with Gasteiger partial charge in [0.1, 0.15) is 5.75 Å². The molecule has 0 spiro atoms. The molecule has 0 radical (unpaired) electrons. The molecule has 1 aliphatic carbocycles. The fourth-order valence-electron chi connectivity index (χ4n) is 4.53. The fourth-order valence-corrected chi connectivity index (χ4v) is 5.47. The van der Waals surface area contributed by atoms with Crippen molar-refractivity contribution < 1.29 is 17.6 Å². The summed E-state index contributed by atoms with van der Waals surface area (Å²) in [6.07, 6.45) is 9.45. The van der Waals surface area contributed by atoms with Crippen molar-refractivity contribution in [3.8, 4) is 16.9 Å². The normalized spacial score (nSPS) is 21.6. The fraction of sp³-hybridized carbons (Fsp3) is 0.500. The van der Waals surface area contributed by atoms with Crippen molar-refractivity contribution in [3.63, 3.8) is 0 Å². The first-order chi connectivity index (χ1) is 16.2. The molecule has 9 nitrogen and oxygen atoms in total. The van der Waals surface area contributed by atoms with E-state index in [9.17, 15) is 13.2 Å². The van der Waals surface area contributed by atoms with Crippen LogP contribution in [0.15, 0.2) is 39.9 Å². The Bertz CT molecular complexity index is 1380. The van der Waals surface area contributed by atoms with Gasteiger partial charge in [-0.25, -0.2) is 12.7 Å². The Morgan fingerprint density at radius 3 is 2.76 bits per heavy atom. The van der Waals surface area contributed by atoms with E-state index in [1.54, 1.807) is 36.3 Å². The van der Waals surface area contributed by atoms with Crippen molar-refractivity contribution in [2.75, 3.05) is 31.3 Å². The van der Waals surface area contributed by atoms with Gasteiger partial charge in [-0.3, -0.25) is 9.78 Å². The highest BCUT2D eigenvalue weighted by molar-refractivity contribution is 7.88. The highest BCUT2D eigenvalue weighted by Crippen LogP contribution is 2.37. The Hall–Kier alpha value is -2.85. The Balaban J connectivity index is 1.47. The lowest BCUT2D eigenvalue weighted by Crippen LogP contribution is -2.47. The molecule has 5 rings (SSSR count). The summed E-state index contributed by atoms with van der Waals surface area (Å²) in [5.74, 6) is 1.85. The number of fused-ring (bicyclic) bond motifs is 1. The first kappa shape index (κ1) is 22.9. The molecule has 0 bridgehead atoms. The third kappa shape index (κ3) is 4.56. The molecule has 2 atom stereocenters. The smallest absolute Gasteiger partial charge is 0.261 e. The number of furan rings is 1. The van der Waals surface area contributed by atoms with Crippen molar-refractivity contribution in [2.24, 2.45) is 18.9 Å². The SMILES string of the molecule is C[C@@H]1CN(S(C)(=O)=O)CCC1Nc1cc2c(=O)n(C)cc(-c3ccncc3OCC3CC3)c2o1. The molecular formula is C24H30N4O5S. The number of hydrogen-bond donors (Lipinski definition) is 1. The minimum absolute atomic E-state index is 0.0317. The predicted molar refractivity (Wildman–Crippen MR) is 131 cm³/mol. The first-order valence-corrected chi connectivity index (χ1v) is 13.5. The van der Waals surface area contributed by atoms with Gasteiger partial charge in [0, 0.05) is 55.8 Å². The van der Waals surface area contributed by atoms with Gasteiger partial charge in [0.15, 0.2) is 11.5 Å². The molecule has 1 N–H and O–H groups in total. The molecule has 1 aliphatic heterocycles. The molecule has 1 saturated carbocycles. The lowest BCUT2D eigenvalue weighted by molar-refractivity contribution is 0.260. The topological polar surface area (TPSA) is 107 Å². The highest BCUT2D eigenvalue weighted by Gasteiger charge is 2.31. The predicted octanol–water partition coefficient (Wildman–Crippen LogP) is 3.06. The summed E-state index contributed by atoms with van der Waals surface area (Å²) >= 11 is 0. The zero-order valence-electron chi connectivity index (χ0n) is 19.7. The largest absolute Gasteiger partial charge is 0.491 e. The minimum Gasteiger partial charge on any atom is -0.491 e. The van der Waals surface area contributed by atoms with Crippen LogP contribution in [0.2, 0.25) is 0 Å². The number of piperidine rings is 1. The third-order valence-electron chi connectivity index (χ3n) is 6.76. The Labute approximate surface area is 198 Å².